The summed E-state index contributed by atoms with van der Waals surface area (Å²) in [5, 5.41) is 34.8. The Morgan fingerprint density at radius 2 is 1.00 bits per heavy atom. The fourth-order valence-corrected chi connectivity index (χ4v) is 5.20. The van der Waals surface area contributed by atoms with Crippen molar-refractivity contribution in [3.05, 3.63) is 0 Å². The van der Waals surface area contributed by atoms with Crippen LogP contribution >= 0.6 is 0 Å². The summed E-state index contributed by atoms with van der Waals surface area (Å²) in [5.74, 6) is -3.83. The van der Waals surface area contributed by atoms with Crippen molar-refractivity contribution in [1.82, 2.24) is 21.0 Å². The van der Waals surface area contributed by atoms with Crippen LogP contribution in [0.5, 0.6) is 0 Å². The zero-order valence-corrected chi connectivity index (χ0v) is 32.5. The summed E-state index contributed by atoms with van der Waals surface area (Å²) in [7, 11) is 0. The van der Waals surface area contributed by atoms with E-state index in [1.807, 2.05) is 0 Å². The van der Waals surface area contributed by atoms with E-state index in [0.717, 1.165) is 50.5 Å². The number of hydrogen-bond donors (Lipinski definition) is 6. The van der Waals surface area contributed by atoms with Gasteiger partial charge in [0.05, 0.1) is 46.2 Å². The molecule has 0 rings (SSSR count). The van der Waals surface area contributed by atoms with Crippen molar-refractivity contribution in [2.24, 2.45) is 0 Å². The van der Waals surface area contributed by atoms with Crippen LogP contribution < -0.4 is 16.0 Å². The number of aliphatic carboxylic acids is 2. The number of nitrogens with one attached hydrogen (secondary N) is 3. The molecule has 0 aliphatic rings. The van der Waals surface area contributed by atoms with Gasteiger partial charge in [-0.2, -0.15) is 0 Å². The molecule has 0 aliphatic heterocycles. The number of carbonyl (C=O) groups excluding carboxylic acids is 4. The van der Waals surface area contributed by atoms with Crippen molar-refractivity contribution >= 4 is 35.6 Å². The fourth-order valence-electron chi connectivity index (χ4n) is 5.20. The molecule has 0 aliphatic carbocycles. The van der Waals surface area contributed by atoms with E-state index in [-0.39, 0.29) is 58.0 Å². The lowest BCUT2D eigenvalue weighted by molar-refractivity contribution is -0.190. The number of amides is 4. The molecule has 0 unspecified atom stereocenters. The van der Waals surface area contributed by atoms with Crippen molar-refractivity contribution in [3.8, 4) is 0 Å². The third-order valence-electron chi connectivity index (χ3n) is 8.22. The van der Waals surface area contributed by atoms with E-state index in [2.05, 4.69) is 16.0 Å². The minimum atomic E-state index is -1.49. The van der Waals surface area contributed by atoms with Crippen molar-refractivity contribution < 1.29 is 63.1 Å². The van der Waals surface area contributed by atoms with Gasteiger partial charge in [-0.15, -0.1) is 0 Å². The lowest BCUT2D eigenvalue weighted by atomic mass is 10.0. The van der Waals surface area contributed by atoms with E-state index in [1.165, 1.54) is 64.2 Å². The summed E-state index contributed by atoms with van der Waals surface area (Å²) in [6.07, 6.45) is 19.6. The van der Waals surface area contributed by atoms with Gasteiger partial charge in [-0.25, -0.2) is 9.86 Å². The normalized spacial score (nSPS) is 11.5. The smallest absolute Gasteiger partial charge is 0.328 e. The molecule has 17 heteroatoms. The van der Waals surface area contributed by atoms with Crippen LogP contribution in [0, 0.1) is 0 Å². The molecule has 0 bridgehead atoms. The van der Waals surface area contributed by atoms with E-state index in [9.17, 15) is 28.8 Å². The van der Waals surface area contributed by atoms with Crippen LogP contribution in [-0.2, 0) is 47.8 Å². The number of aliphatic hydroxyl groups excluding tert-OH is 1. The zero-order valence-electron chi connectivity index (χ0n) is 32.5. The zero-order chi connectivity index (χ0) is 40.1. The Labute approximate surface area is 320 Å². The van der Waals surface area contributed by atoms with Crippen LogP contribution in [0.15, 0.2) is 0 Å². The number of carboxylic acids is 2. The second kappa shape index (κ2) is 36.6. The SMILES string of the molecule is CC(=O)N(CC(=O)N[C@H](CO)C(=O)O)OCCOCCNC(=O)COCCOCCNC(=O)CCCCCCCCCCCCCCCCCCC(=O)O. The highest BCUT2D eigenvalue weighted by molar-refractivity contribution is 5.87. The molecule has 0 aromatic carbocycles. The van der Waals surface area contributed by atoms with Gasteiger partial charge in [0.1, 0.15) is 19.2 Å². The van der Waals surface area contributed by atoms with Crippen LogP contribution in [0.2, 0.25) is 0 Å². The van der Waals surface area contributed by atoms with E-state index in [1.54, 1.807) is 0 Å². The van der Waals surface area contributed by atoms with Crippen LogP contribution in [0.25, 0.3) is 0 Å². The molecule has 0 radical (unpaired) electrons. The number of hydrogen-bond acceptors (Lipinski definition) is 11. The Morgan fingerprint density at radius 1 is 0.556 bits per heavy atom. The van der Waals surface area contributed by atoms with E-state index in [4.69, 9.17) is 34.4 Å². The third kappa shape index (κ3) is 34.4. The number of unbranched alkanes of at least 4 members (excludes halogenated alkanes) is 15. The first-order chi connectivity index (χ1) is 26.1. The van der Waals surface area contributed by atoms with E-state index in [0.29, 0.717) is 26.0 Å². The number of ether oxygens (including phenoxy) is 3. The van der Waals surface area contributed by atoms with Crippen molar-refractivity contribution in [3.63, 3.8) is 0 Å². The van der Waals surface area contributed by atoms with Gasteiger partial charge < -0.3 is 45.5 Å². The average Bonchev–Trinajstić information content (AvgIpc) is 3.13. The van der Waals surface area contributed by atoms with Gasteiger partial charge in [-0.3, -0.25) is 28.8 Å². The molecule has 0 saturated heterocycles. The summed E-state index contributed by atoms with van der Waals surface area (Å²) in [4.78, 5) is 74.0. The summed E-state index contributed by atoms with van der Waals surface area (Å²) in [6.45, 7) is 1.25. The standard InChI is InChI=1S/C37H68N4O13/c1-31(43)41(28-34(45)40-32(29-42)37(49)50)54-27-26-52-23-21-39-35(46)30-53-25-24-51-22-20-38-33(44)18-16-14-12-10-8-6-4-2-3-5-7-9-11-13-15-17-19-36(47)48/h32,42H,2-30H2,1H3,(H,38,44)(H,39,46)(H,40,45)(H,47,48)(H,49,50)/t32-/m1/s1. The lowest BCUT2D eigenvalue weighted by Gasteiger charge is -2.21. The predicted molar refractivity (Wildman–Crippen MR) is 199 cm³/mol. The Kier molecular flexibility index (Phi) is 34.3. The molecule has 54 heavy (non-hydrogen) atoms. The summed E-state index contributed by atoms with van der Waals surface area (Å²) < 4.78 is 16.0. The number of carboxylic acid groups (broad SMARTS) is 2. The quantitative estimate of drug-likeness (QED) is 0.0389. The number of hydroxylamine groups is 2. The lowest BCUT2D eigenvalue weighted by Crippen LogP contribution is -2.48. The van der Waals surface area contributed by atoms with Gasteiger partial charge in [-0.1, -0.05) is 89.9 Å². The maximum Gasteiger partial charge on any atom is 0.328 e. The van der Waals surface area contributed by atoms with Crippen molar-refractivity contribution in [2.45, 2.75) is 129 Å². The number of aliphatic hydroxyl groups is 1. The number of nitrogens with zero attached hydrogens (tertiary/aromatic N) is 1. The molecule has 0 spiro atoms. The molecule has 4 amide bonds. The summed E-state index contributed by atoms with van der Waals surface area (Å²) in [5.41, 5.74) is 0. The van der Waals surface area contributed by atoms with Gasteiger partial charge in [0.2, 0.25) is 23.6 Å². The highest BCUT2D eigenvalue weighted by Crippen LogP contribution is 2.14. The van der Waals surface area contributed by atoms with Gasteiger partial charge in [0, 0.05) is 32.9 Å². The van der Waals surface area contributed by atoms with Crippen molar-refractivity contribution in [1.29, 1.82) is 0 Å². The molecule has 17 nitrogen and oxygen atoms in total. The Hall–Kier alpha value is -3.38. The molecular formula is C37H68N4O13. The van der Waals surface area contributed by atoms with E-state index >= 15 is 0 Å². The van der Waals surface area contributed by atoms with Crippen molar-refractivity contribution in [2.75, 3.05) is 72.5 Å². The average molecular weight is 777 g/mol. The predicted octanol–water partition coefficient (Wildman–Crippen LogP) is 2.72. The largest absolute Gasteiger partial charge is 0.481 e. The first-order valence-corrected chi connectivity index (χ1v) is 19.6. The first-order valence-electron chi connectivity index (χ1n) is 19.6. The maximum absolute atomic E-state index is 12.0. The Balaban J connectivity index is 3.50. The highest BCUT2D eigenvalue weighted by Gasteiger charge is 2.21. The third-order valence-corrected chi connectivity index (χ3v) is 8.22. The van der Waals surface area contributed by atoms with Gasteiger partial charge >= 0.3 is 11.9 Å². The molecule has 0 aromatic rings. The van der Waals surface area contributed by atoms with Crippen LogP contribution in [0.1, 0.15) is 122 Å². The molecule has 6 N–H and O–H groups in total. The number of rotatable bonds is 39. The van der Waals surface area contributed by atoms with E-state index < -0.39 is 42.9 Å². The fraction of sp³-hybridized carbons (Fsp3) is 0.838. The molecule has 314 valence electrons. The molecule has 0 heterocycles. The first kappa shape index (κ1) is 50.6. The van der Waals surface area contributed by atoms with Gasteiger partial charge in [0.25, 0.3) is 0 Å². The van der Waals surface area contributed by atoms with Crippen LogP contribution in [-0.4, -0.2) is 134 Å². The molecule has 0 saturated carbocycles. The second-order valence-corrected chi connectivity index (χ2v) is 13.1. The monoisotopic (exact) mass is 776 g/mol. The summed E-state index contributed by atoms with van der Waals surface area (Å²) >= 11 is 0. The molecular weight excluding hydrogens is 708 g/mol. The summed E-state index contributed by atoms with van der Waals surface area (Å²) in [6, 6.07) is -1.49. The van der Waals surface area contributed by atoms with Gasteiger partial charge in [-0.05, 0) is 12.8 Å². The topological polar surface area (TPSA) is 239 Å². The van der Waals surface area contributed by atoms with Crippen LogP contribution in [0.3, 0.4) is 0 Å². The molecule has 0 aromatic heterocycles. The minimum absolute atomic E-state index is 0.0239. The highest BCUT2D eigenvalue weighted by atomic mass is 16.7. The Bertz CT molecular complexity index is 1020. The number of carbonyl (C=O) groups is 6. The minimum Gasteiger partial charge on any atom is -0.481 e. The van der Waals surface area contributed by atoms with Gasteiger partial charge in [0.15, 0.2) is 0 Å². The Morgan fingerprint density at radius 3 is 1.46 bits per heavy atom. The maximum atomic E-state index is 12.0. The molecule has 1 atom stereocenters. The molecule has 0 fully saturated rings. The van der Waals surface area contributed by atoms with Crippen LogP contribution in [0.4, 0.5) is 0 Å². The second-order valence-electron chi connectivity index (χ2n) is 13.1.